The lowest BCUT2D eigenvalue weighted by atomic mass is 10.1. The molecule has 1 amide bonds. The number of amides is 1. The van der Waals surface area contributed by atoms with Crippen LogP contribution in [0.2, 0.25) is 0 Å². The lowest BCUT2D eigenvalue weighted by Crippen LogP contribution is -2.37. The first-order valence-corrected chi connectivity index (χ1v) is 9.36. The molecule has 2 aromatic heterocycles. The number of carbonyl (C=O) groups excluding carboxylic acids is 1. The van der Waals surface area contributed by atoms with Gasteiger partial charge in [-0.15, -0.1) is 0 Å². The smallest absolute Gasteiger partial charge is 0.275 e. The SMILES string of the molecule is Cc1nc2ccccc2n1Cc1cc(C(=O)N(C)CC2CCCCO2)no1. The number of fused-ring (bicyclic) bond motifs is 1. The summed E-state index contributed by atoms with van der Waals surface area (Å²) < 4.78 is 13.2. The highest BCUT2D eigenvalue weighted by Gasteiger charge is 2.22. The second kappa shape index (κ2) is 7.52. The van der Waals surface area contributed by atoms with Crippen LogP contribution in [0.4, 0.5) is 0 Å². The number of para-hydroxylation sites is 2. The molecule has 27 heavy (non-hydrogen) atoms. The molecule has 1 aliphatic rings. The molecule has 0 radical (unpaired) electrons. The van der Waals surface area contributed by atoms with Gasteiger partial charge in [0.15, 0.2) is 11.5 Å². The number of rotatable bonds is 5. The third-order valence-electron chi connectivity index (χ3n) is 5.04. The van der Waals surface area contributed by atoms with Crippen molar-refractivity contribution >= 4 is 16.9 Å². The summed E-state index contributed by atoms with van der Waals surface area (Å²) in [5.74, 6) is 1.38. The normalized spacial score (nSPS) is 17.3. The van der Waals surface area contributed by atoms with Crippen molar-refractivity contribution in [2.75, 3.05) is 20.2 Å². The first-order valence-electron chi connectivity index (χ1n) is 9.36. The Morgan fingerprint density at radius 2 is 2.19 bits per heavy atom. The van der Waals surface area contributed by atoms with E-state index in [1.807, 2.05) is 31.2 Å². The maximum absolute atomic E-state index is 12.6. The molecule has 0 saturated carbocycles. The summed E-state index contributed by atoms with van der Waals surface area (Å²) in [5.41, 5.74) is 2.30. The number of aryl methyl sites for hydroxylation is 1. The fourth-order valence-electron chi connectivity index (χ4n) is 3.57. The van der Waals surface area contributed by atoms with E-state index in [-0.39, 0.29) is 12.0 Å². The molecular weight excluding hydrogens is 344 g/mol. The van der Waals surface area contributed by atoms with E-state index in [4.69, 9.17) is 9.26 Å². The van der Waals surface area contributed by atoms with Crippen molar-refractivity contribution < 1.29 is 14.1 Å². The van der Waals surface area contributed by atoms with Gasteiger partial charge >= 0.3 is 0 Å². The lowest BCUT2D eigenvalue weighted by molar-refractivity contribution is -0.000359. The summed E-state index contributed by atoms with van der Waals surface area (Å²) in [4.78, 5) is 18.9. The van der Waals surface area contributed by atoms with E-state index in [1.54, 1.807) is 18.0 Å². The fraction of sp³-hybridized carbons (Fsp3) is 0.450. The van der Waals surface area contributed by atoms with Crippen molar-refractivity contribution in [2.45, 2.75) is 38.8 Å². The van der Waals surface area contributed by atoms with Crippen LogP contribution in [0.1, 0.15) is 41.3 Å². The van der Waals surface area contributed by atoms with Gasteiger partial charge in [0.05, 0.1) is 23.7 Å². The number of carbonyl (C=O) groups is 1. The summed E-state index contributed by atoms with van der Waals surface area (Å²) in [6, 6.07) is 9.68. The second-order valence-corrected chi connectivity index (χ2v) is 7.09. The van der Waals surface area contributed by atoms with E-state index in [0.717, 1.165) is 42.7 Å². The number of likely N-dealkylation sites (N-methyl/N-ethyl adjacent to an activating group) is 1. The molecule has 4 rings (SSSR count). The van der Waals surface area contributed by atoms with Crippen molar-refractivity contribution in [3.05, 3.63) is 47.6 Å². The maximum atomic E-state index is 12.6. The lowest BCUT2D eigenvalue weighted by Gasteiger charge is -2.26. The van der Waals surface area contributed by atoms with Gasteiger partial charge in [0.2, 0.25) is 0 Å². The summed E-state index contributed by atoms with van der Waals surface area (Å²) >= 11 is 0. The zero-order valence-electron chi connectivity index (χ0n) is 15.7. The molecule has 1 aromatic carbocycles. The summed E-state index contributed by atoms with van der Waals surface area (Å²) in [5, 5.41) is 3.98. The quantitative estimate of drug-likeness (QED) is 0.692. The average molecular weight is 368 g/mol. The summed E-state index contributed by atoms with van der Waals surface area (Å²) in [7, 11) is 1.78. The monoisotopic (exact) mass is 368 g/mol. The maximum Gasteiger partial charge on any atom is 0.275 e. The fourth-order valence-corrected chi connectivity index (χ4v) is 3.57. The van der Waals surface area contributed by atoms with Crippen LogP contribution in [0.25, 0.3) is 11.0 Å². The van der Waals surface area contributed by atoms with Crippen molar-refractivity contribution in [1.29, 1.82) is 0 Å². The Labute approximate surface area is 157 Å². The molecule has 3 heterocycles. The number of imidazole rings is 1. The summed E-state index contributed by atoms with van der Waals surface area (Å²) in [6.07, 6.45) is 3.36. The largest absolute Gasteiger partial charge is 0.376 e. The standard InChI is InChI=1S/C20H24N4O3/c1-14-21-17-8-3-4-9-19(17)24(14)13-16-11-18(22-27-16)20(25)23(2)12-15-7-5-6-10-26-15/h3-4,8-9,11,15H,5-7,10,12-13H2,1-2H3. The van der Waals surface area contributed by atoms with Crippen LogP contribution in [0.5, 0.6) is 0 Å². The van der Waals surface area contributed by atoms with Gasteiger partial charge in [0.25, 0.3) is 5.91 Å². The number of ether oxygens (including phenoxy) is 1. The van der Waals surface area contributed by atoms with E-state index in [2.05, 4.69) is 14.7 Å². The zero-order chi connectivity index (χ0) is 18.8. The Bertz CT molecular complexity index is 940. The van der Waals surface area contributed by atoms with Gasteiger partial charge in [-0.1, -0.05) is 17.3 Å². The topological polar surface area (TPSA) is 73.4 Å². The highest BCUT2D eigenvalue weighted by Crippen LogP contribution is 2.19. The Balaban J connectivity index is 1.46. The molecule has 1 atom stereocenters. The molecule has 1 fully saturated rings. The van der Waals surface area contributed by atoms with Gasteiger partial charge < -0.3 is 18.7 Å². The van der Waals surface area contributed by atoms with Crippen molar-refractivity contribution in [3.8, 4) is 0 Å². The minimum atomic E-state index is -0.147. The molecule has 0 bridgehead atoms. The van der Waals surface area contributed by atoms with E-state index in [0.29, 0.717) is 24.5 Å². The Kier molecular flexibility index (Phi) is 4.94. The molecule has 1 aliphatic heterocycles. The van der Waals surface area contributed by atoms with Crippen molar-refractivity contribution in [2.24, 2.45) is 0 Å². The van der Waals surface area contributed by atoms with Crippen LogP contribution in [-0.2, 0) is 11.3 Å². The van der Waals surface area contributed by atoms with Crippen LogP contribution < -0.4 is 0 Å². The molecule has 3 aromatic rings. The molecule has 1 unspecified atom stereocenters. The van der Waals surface area contributed by atoms with Crippen LogP contribution in [0.3, 0.4) is 0 Å². The Hall–Kier alpha value is -2.67. The molecule has 7 heteroatoms. The number of aromatic nitrogens is 3. The molecule has 1 saturated heterocycles. The zero-order valence-corrected chi connectivity index (χ0v) is 15.7. The third-order valence-corrected chi connectivity index (χ3v) is 5.04. The second-order valence-electron chi connectivity index (χ2n) is 7.09. The first-order chi connectivity index (χ1) is 13.1. The first kappa shape index (κ1) is 17.7. The van der Waals surface area contributed by atoms with E-state index in [1.165, 1.54) is 0 Å². The van der Waals surface area contributed by atoms with Crippen molar-refractivity contribution in [1.82, 2.24) is 19.6 Å². The van der Waals surface area contributed by atoms with Gasteiger partial charge in [-0.3, -0.25) is 4.79 Å². The van der Waals surface area contributed by atoms with Gasteiger partial charge in [-0.2, -0.15) is 0 Å². The van der Waals surface area contributed by atoms with Crippen LogP contribution in [0.15, 0.2) is 34.9 Å². The van der Waals surface area contributed by atoms with Crippen molar-refractivity contribution in [3.63, 3.8) is 0 Å². The molecule has 0 spiro atoms. The minimum absolute atomic E-state index is 0.110. The molecule has 142 valence electrons. The number of nitrogens with zero attached hydrogens (tertiary/aromatic N) is 4. The van der Waals surface area contributed by atoms with Crippen LogP contribution >= 0.6 is 0 Å². The highest BCUT2D eigenvalue weighted by molar-refractivity contribution is 5.92. The number of hydrogen-bond donors (Lipinski definition) is 0. The van der Waals surface area contributed by atoms with Gasteiger partial charge in [0.1, 0.15) is 5.82 Å². The van der Waals surface area contributed by atoms with Crippen LogP contribution in [-0.4, -0.2) is 51.8 Å². The predicted octanol–water partition coefficient (Wildman–Crippen LogP) is 3.02. The van der Waals surface area contributed by atoms with Crippen LogP contribution in [0, 0.1) is 6.92 Å². The Morgan fingerprint density at radius 1 is 1.33 bits per heavy atom. The molecule has 0 aliphatic carbocycles. The molecule has 0 N–H and O–H groups in total. The highest BCUT2D eigenvalue weighted by atomic mass is 16.5. The minimum Gasteiger partial charge on any atom is -0.376 e. The van der Waals surface area contributed by atoms with Gasteiger partial charge in [-0.25, -0.2) is 4.98 Å². The van der Waals surface area contributed by atoms with Gasteiger partial charge in [-0.05, 0) is 38.3 Å². The van der Waals surface area contributed by atoms with Gasteiger partial charge in [0, 0.05) is 26.3 Å². The third kappa shape index (κ3) is 3.73. The number of hydrogen-bond acceptors (Lipinski definition) is 5. The molecular formula is C20H24N4O3. The van der Waals surface area contributed by atoms with E-state index >= 15 is 0 Å². The van der Waals surface area contributed by atoms with E-state index in [9.17, 15) is 4.79 Å². The Morgan fingerprint density at radius 3 is 3.00 bits per heavy atom. The van der Waals surface area contributed by atoms with E-state index < -0.39 is 0 Å². The average Bonchev–Trinajstić information content (AvgIpc) is 3.27. The predicted molar refractivity (Wildman–Crippen MR) is 101 cm³/mol. The number of benzene rings is 1. The molecule has 7 nitrogen and oxygen atoms in total. The summed E-state index contributed by atoms with van der Waals surface area (Å²) in [6.45, 7) is 3.80.